The van der Waals surface area contributed by atoms with E-state index in [0.29, 0.717) is 5.56 Å². The van der Waals surface area contributed by atoms with Crippen LogP contribution in [0.2, 0.25) is 0 Å². The zero-order chi connectivity index (χ0) is 22.8. The van der Waals surface area contributed by atoms with Gasteiger partial charge in [-0.15, -0.1) is 0 Å². The van der Waals surface area contributed by atoms with Crippen LogP contribution < -0.4 is 0 Å². The lowest BCUT2D eigenvalue weighted by atomic mass is 10.1. The SMILES string of the molecule is CC(C)(C)OC(=O)n1ccc2cc(Br)ccc21.O=C(O)Cc1c[nH]c2ccc(O)cc12. The molecule has 7 nitrogen and oxygen atoms in total. The molecule has 0 aliphatic heterocycles. The molecule has 2 heterocycles. The van der Waals surface area contributed by atoms with Gasteiger partial charge < -0.3 is 19.9 Å². The fraction of sp³-hybridized carbons (Fsp3) is 0.217. The molecule has 31 heavy (non-hydrogen) atoms. The number of H-pyrrole nitrogens is 1. The number of nitrogens with one attached hydrogen (secondary N) is 1. The van der Waals surface area contributed by atoms with E-state index in [2.05, 4.69) is 20.9 Å². The molecule has 0 radical (unpaired) electrons. The van der Waals surface area contributed by atoms with Gasteiger partial charge in [-0.25, -0.2) is 4.79 Å². The highest BCUT2D eigenvalue weighted by Gasteiger charge is 2.18. The third-order valence-corrected chi connectivity index (χ3v) is 4.83. The molecule has 2 aromatic carbocycles. The van der Waals surface area contributed by atoms with E-state index in [4.69, 9.17) is 9.84 Å². The minimum atomic E-state index is -0.880. The summed E-state index contributed by atoms with van der Waals surface area (Å²) in [7, 11) is 0. The number of nitrogens with zero attached hydrogens (tertiary/aromatic N) is 1. The second-order valence-corrected chi connectivity index (χ2v) is 8.90. The molecule has 0 fully saturated rings. The first-order chi connectivity index (χ1) is 14.5. The van der Waals surface area contributed by atoms with Crippen molar-refractivity contribution in [2.75, 3.05) is 0 Å². The van der Waals surface area contributed by atoms with E-state index < -0.39 is 11.6 Å². The van der Waals surface area contributed by atoms with Gasteiger partial charge in [-0.1, -0.05) is 15.9 Å². The van der Waals surface area contributed by atoms with Gasteiger partial charge in [0.1, 0.15) is 11.4 Å². The van der Waals surface area contributed by atoms with Crippen LogP contribution in [0.1, 0.15) is 26.3 Å². The first-order valence-corrected chi connectivity index (χ1v) is 10.3. The number of fused-ring (bicyclic) bond motifs is 2. The molecule has 0 aliphatic carbocycles. The Balaban J connectivity index is 0.000000179. The summed E-state index contributed by atoms with van der Waals surface area (Å²) in [6, 6.07) is 12.5. The van der Waals surface area contributed by atoms with Crippen LogP contribution in [0.5, 0.6) is 5.75 Å². The number of hydrogen-bond acceptors (Lipinski definition) is 4. The molecule has 4 aromatic rings. The third-order valence-electron chi connectivity index (χ3n) is 4.34. The molecule has 0 unspecified atom stereocenters. The summed E-state index contributed by atoms with van der Waals surface area (Å²) in [5.74, 6) is -0.738. The van der Waals surface area contributed by atoms with E-state index in [-0.39, 0.29) is 18.3 Å². The highest BCUT2D eigenvalue weighted by molar-refractivity contribution is 9.10. The van der Waals surface area contributed by atoms with E-state index in [1.54, 1.807) is 30.6 Å². The zero-order valence-corrected chi connectivity index (χ0v) is 18.9. The van der Waals surface area contributed by atoms with E-state index in [1.807, 2.05) is 45.0 Å². The van der Waals surface area contributed by atoms with Gasteiger partial charge >= 0.3 is 12.1 Å². The van der Waals surface area contributed by atoms with E-state index >= 15 is 0 Å². The van der Waals surface area contributed by atoms with Gasteiger partial charge in [0.2, 0.25) is 0 Å². The summed E-state index contributed by atoms with van der Waals surface area (Å²) in [6.07, 6.45) is 2.99. The maximum absolute atomic E-state index is 11.9. The van der Waals surface area contributed by atoms with Gasteiger partial charge in [0.25, 0.3) is 0 Å². The number of phenols is 1. The predicted molar refractivity (Wildman–Crippen MR) is 123 cm³/mol. The number of hydrogen-bond donors (Lipinski definition) is 3. The minimum Gasteiger partial charge on any atom is -0.508 e. The number of halogens is 1. The maximum Gasteiger partial charge on any atom is 0.418 e. The van der Waals surface area contributed by atoms with Crippen molar-refractivity contribution in [1.29, 1.82) is 0 Å². The van der Waals surface area contributed by atoms with Crippen LogP contribution in [-0.4, -0.2) is 37.4 Å². The van der Waals surface area contributed by atoms with Gasteiger partial charge in [0.15, 0.2) is 0 Å². The smallest absolute Gasteiger partial charge is 0.418 e. The lowest BCUT2D eigenvalue weighted by Crippen LogP contribution is -2.26. The fourth-order valence-corrected chi connectivity index (χ4v) is 3.44. The summed E-state index contributed by atoms with van der Waals surface area (Å²) in [5, 5.41) is 19.6. The van der Waals surface area contributed by atoms with Crippen LogP contribution in [0.4, 0.5) is 4.79 Å². The van der Waals surface area contributed by atoms with Crippen molar-refractivity contribution in [2.45, 2.75) is 32.8 Å². The van der Waals surface area contributed by atoms with Crippen molar-refractivity contribution >= 4 is 49.8 Å². The second-order valence-electron chi connectivity index (χ2n) is 7.98. The number of rotatable bonds is 2. The molecule has 3 N–H and O–H groups in total. The minimum absolute atomic E-state index is 0.0382. The number of carboxylic acid groups (broad SMARTS) is 1. The predicted octanol–water partition coefficient (Wildman–Crippen LogP) is 5.69. The average Bonchev–Trinajstić information content (AvgIpc) is 3.24. The third kappa shape index (κ3) is 5.67. The number of carbonyl (C=O) groups excluding carboxylic acids is 1. The summed E-state index contributed by atoms with van der Waals surface area (Å²) in [6.45, 7) is 5.56. The van der Waals surface area contributed by atoms with Crippen molar-refractivity contribution in [3.8, 4) is 5.75 Å². The second kappa shape index (κ2) is 8.85. The molecule has 0 aliphatic rings. The number of ether oxygens (including phenoxy) is 1. The lowest BCUT2D eigenvalue weighted by molar-refractivity contribution is -0.136. The van der Waals surface area contributed by atoms with E-state index in [1.165, 1.54) is 4.57 Å². The standard InChI is InChI=1S/C13H14BrNO2.C10H9NO3/c1-13(2,3)17-12(16)15-7-6-9-8-10(14)4-5-11(9)15;12-7-1-2-9-8(4-7)6(5-11-9)3-10(13)14/h4-8H,1-3H3;1-2,4-5,11-12H,3H2,(H,13,14). The number of aromatic hydroxyl groups is 1. The number of aromatic nitrogens is 2. The largest absolute Gasteiger partial charge is 0.508 e. The Hall–Kier alpha value is -3.26. The first-order valence-electron chi connectivity index (χ1n) is 9.54. The number of aliphatic carboxylic acids is 1. The monoisotopic (exact) mass is 486 g/mol. The number of phenolic OH excluding ortho intramolecular Hbond substituents is 1. The Morgan fingerprint density at radius 3 is 2.55 bits per heavy atom. The summed E-state index contributed by atoms with van der Waals surface area (Å²) in [5.41, 5.74) is 1.88. The maximum atomic E-state index is 11.9. The molecular weight excluding hydrogens is 464 g/mol. The van der Waals surface area contributed by atoms with Crippen LogP contribution >= 0.6 is 15.9 Å². The lowest BCUT2D eigenvalue weighted by Gasteiger charge is -2.19. The zero-order valence-electron chi connectivity index (χ0n) is 17.3. The Bertz CT molecular complexity index is 1250. The fourth-order valence-electron chi connectivity index (χ4n) is 3.06. The molecule has 162 valence electrons. The molecule has 4 rings (SSSR count). The average molecular weight is 487 g/mol. The number of benzene rings is 2. The molecule has 0 bridgehead atoms. The molecule has 0 saturated heterocycles. The topological polar surface area (TPSA) is 105 Å². The van der Waals surface area contributed by atoms with Gasteiger partial charge in [0, 0.05) is 33.2 Å². The van der Waals surface area contributed by atoms with Crippen LogP contribution in [0.25, 0.3) is 21.8 Å². The van der Waals surface area contributed by atoms with Crippen LogP contribution in [0.3, 0.4) is 0 Å². The quantitative estimate of drug-likeness (QED) is 0.337. The highest BCUT2D eigenvalue weighted by atomic mass is 79.9. The number of carbonyl (C=O) groups is 2. The Morgan fingerprint density at radius 1 is 1.13 bits per heavy atom. The molecule has 0 atom stereocenters. The van der Waals surface area contributed by atoms with Crippen molar-refractivity contribution in [1.82, 2.24) is 9.55 Å². The Morgan fingerprint density at radius 2 is 1.87 bits per heavy atom. The van der Waals surface area contributed by atoms with E-state index in [0.717, 1.165) is 26.3 Å². The van der Waals surface area contributed by atoms with E-state index in [9.17, 15) is 14.7 Å². The number of aromatic amines is 1. The van der Waals surface area contributed by atoms with Crippen molar-refractivity contribution in [3.05, 3.63) is 64.9 Å². The van der Waals surface area contributed by atoms with Crippen molar-refractivity contribution in [3.63, 3.8) is 0 Å². The van der Waals surface area contributed by atoms with Crippen molar-refractivity contribution in [2.24, 2.45) is 0 Å². The molecule has 0 spiro atoms. The van der Waals surface area contributed by atoms with Crippen molar-refractivity contribution < 1.29 is 24.5 Å². The summed E-state index contributed by atoms with van der Waals surface area (Å²) >= 11 is 3.40. The molecule has 0 saturated carbocycles. The summed E-state index contributed by atoms with van der Waals surface area (Å²) < 4.78 is 7.85. The normalized spacial score (nSPS) is 11.2. The summed E-state index contributed by atoms with van der Waals surface area (Å²) in [4.78, 5) is 25.4. The van der Waals surface area contributed by atoms with Gasteiger partial charge in [-0.2, -0.15) is 0 Å². The first kappa shape index (κ1) is 22.4. The molecule has 2 aromatic heterocycles. The molecule has 0 amide bonds. The van der Waals surface area contributed by atoms with Crippen LogP contribution in [0, 0.1) is 0 Å². The molecule has 8 heteroatoms. The van der Waals surface area contributed by atoms with Crippen LogP contribution in [0.15, 0.2) is 59.3 Å². The Labute approximate surface area is 187 Å². The number of carboxylic acids is 1. The van der Waals surface area contributed by atoms with Gasteiger partial charge in [0.05, 0.1) is 11.9 Å². The van der Waals surface area contributed by atoms with Gasteiger partial charge in [-0.05, 0) is 68.8 Å². The highest BCUT2D eigenvalue weighted by Crippen LogP contribution is 2.23. The Kier molecular flexibility index (Phi) is 6.40. The van der Waals surface area contributed by atoms with Crippen LogP contribution in [-0.2, 0) is 16.0 Å². The van der Waals surface area contributed by atoms with Gasteiger partial charge in [-0.3, -0.25) is 9.36 Å². The molecular formula is C23H23BrN2O5.